The van der Waals surface area contributed by atoms with Crippen molar-refractivity contribution in [2.24, 2.45) is 11.3 Å². The van der Waals surface area contributed by atoms with Crippen LogP contribution in [0, 0.1) is 11.3 Å². The van der Waals surface area contributed by atoms with Gasteiger partial charge in [0.25, 0.3) is 0 Å². The molecule has 6 heteroatoms. The van der Waals surface area contributed by atoms with Gasteiger partial charge in [-0.05, 0) is 73.3 Å². The van der Waals surface area contributed by atoms with Gasteiger partial charge in [0.15, 0.2) is 0 Å². The van der Waals surface area contributed by atoms with E-state index in [-0.39, 0.29) is 29.3 Å². The minimum Gasteiger partial charge on any atom is -0.497 e. The number of carbonyl (C=O) groups is 2. The van der Waals surface area contributed by atoms with E-state index in [2.05, 4.69) is 28.8 Å². The van der Waals surface area contributed by atoms with Gasteiger partial charge in [0.05, 0.1) is 7.11 Å². The number of hydrogen-bond acceptors (Lipinski definition) is 3. The summed E-state index contributed by atoms with van der Waals surface area (Å²) in [5.41, 5.74) is 3.68. The third-order valence-corrected chi connectivity index (χ3v) is 7.39. The summed E-state index contributed by atoms with van der Waals surface area (Å²) < 4.78 is 5.15. The molecule has 0 saturated heterocycles. The normalized spacial score (nSPS) is 25.8. The Morgan fingerprint density at radius 3 is 2.56 bits per heavy atom. The maximum absolute atomic E-state index is 13.1. The first-order valence-corrected chi connectivity index (χ1v) is 11.6. The van der Waals surface area contributed by atoms with Crippen LogP contribution < -0.4 is 20.3 Å². The van der Waals surface area contributed by atoms with Crippen molar-refractivity contribution in [1.82, 2.24) is 10.6 Å². The molecule has 168 valence electrons. The maximum Gasteiger partial charge on any atom is 0.315 e. The molecule has 1 heterocycles. The number of amides is 3. The first-order valence-electron chi connectivity index (χ1n) is 11.6. The molecule has 1 aliphatic heterocycles. The van der Waals surface area contributed by atoms with Crippen molar-refractivity contribution in [2.75, 3.05) is 18.6 Å². The lowest BCUT2D eigenvalue weighted by molar-refractivity contribution is -0.135. The highest BCUT2D eigenvalue weighted by Crippen LogP contribution is 2.59. The average molecular weight is 434 g/mol. The Labute approximate surface area is 189 Å². The number of ether oxygens (including phenoxy) is 1. The predicted molar refractivity (Wildman–Crippen MR) is 124 cm³/mol. The lowest BCUT2D eigenvalue weighted by Gasteiger charge is -2.57. The van der Waals surface area contributed by atoms with Crippen molar-refractivity contribution < 1.29 is 14.3 Å². The molecule has 0 atom stereocenters. The number of carbonyl (C=O) groups excluding carboxylic acids is 2. The van der Waals surface area contributed by atoms with Gasteiger partial charge in [-0.25, -0.2) is 4.79 Å². The number of urea groups is 1. The molecule has 3 aliphatic rings. The van der Waals surface area contributed by atoms with E-state index in [1.54, 1.807) is 7.11 Å². The lowest BCUT2D eigenvalue weighted by atomic mass is 9.49. The number of aryl methyl sites for hydroxylation is 1. The Balaban J connectivity index is 1.05. The second-order valence-corrected chi connectivity index (χ2v) is 9.61. The molecule has 2 aliphatic carbocycles. The molecule has 0 unspecified atom stereocenters. The number of rotatable bonds is 5. The van der Waals surface area contributed by atoms with E-state index >= 15 is 0 Å². The quantitative estimate of drug-likeness (QED) is 0.748. The standard InChI is InChI=1S/C26H31N3O3/c1-32-22-10-8-18(9-11-22)17-27-25(31)28-21-15-26(16-21)13-20(14-26)24(30)29-12-4-6-19-5-2-3-7-23(19)29/h2-3,5,7-11,20-21H,4,6,12-17H2,1H3,(H2,27,28,31). The van der Waals surface area contributed by atoms with Gasteiger partial charge in [0.1, 0.15) is 5.75 Å². The highest BCUT2D eigenvalue weighted by Gasteiger charge is 2.55. The van der Waals surface area contributed by atoms with E-state index in [0.29, 0.717) is 6.54 Å². The topological polar surface area (TPSA) is 70.7 Å². The second kappa shape index (κ2) is 8.49. The van der Waals surface area contributed by atoms with E-state index in [4.69, 9.17) is 4.74 Å². The Morgan fingerprint density at radius 2 is 1.81 bits per heavy atom. The van der Waals surface area contributed by atoms with Gasteiger partial charge in [-0.1, -0.05) is 30.3 Å². The summed E-state index contributed by atoms with van der Waals surface area (Å²) >= 11 is 0. The molecular weight excluding hydrogens is 402 g/mol. The van der Waals surface area contributed by atoms with Gasteiger partial charge < -0.3 is 20.3 Å². The number of hydrogen-bond donors (Lipinski definition) is 2. The molecule has 32 heavy (non-hydrogen) atoms. The van der Waals surface area contributed by atoms with Crippen LogP contribution in [-0.4, -0.2) is 31.6 Å². The number of nitrogens with zero attached hydrogens (tertiary/aromatic N) is 1. The Hall–Kier alpha value is -3.02. The molecule has 2 aromatic rings. The molecule has 6 nitrogen and oxygen atoms in total. The van der Waals surface area contributed by atoms with Crippen LogP contribution in [0.25, 0.3) is 0 Å². The molecule has 2 aromatic carbocycles. The zero-order valence-corrected chi connectivity index (χ0v) is 18.6. The van der Waals surface area contributed by atoms with Crippen molar-refractivity contribution in [3.8, 4) is 5.75 Å². The van der Waals surface area contributed by atoms with Gasteiger partial charge in [0, 0.05) is 30.7 Å². The van der Waals surface area contributed by atoms with Crippen molar-refractivity contribution in [3.63, 3.8) is 0 Å². The molecule has 0 radical (unpaired) electrons. The second-order valence-electron chi connectivity index (χ2n) is 9.61. The lowest BCUT2D eigenvalue weighted by Crippen LogP contribution is -2.59. The van der Waals surface area contributed by atoms with Gasteiger partial charge in [-0.2, -0.15) is 0 Å². The number of benzene rings is 2. The average Bonchev–Trinajstić information content (AvgIpc) is 2.78. The summed E-state index contributed by atoms with van der Waals surface area (Å²) in [7, 11) is 1.64. The van der Waals surface area contributed by atoms with Crippen LogP contribution >= 0.6 is 0 Å². The highest BCUT2D eigenvalue weighted by molar-refractivity contribution is 5.96. The van der Waals surface area contributed by atoms with E-state index < -0.39 is 0 Å². The fraction of sp³-hybridized carbons (Fsp3) is 0.462. The minimum atomic E-state index is -0.127. The largest absolute Gasteiger partial charge is 0.497 e. The monoisotopic (exact) mass is 433 g/mol. The summed E-state index contributed by atoms with van der Waals surface area (Å²) in [5, 5.41) is 6.01. The first-order chi connectivity index (χ1) is 15.5. The fourth-order valence-electron chi connectivity index (χ4n) is 5.73. The van der Waals surface area contributed by atoms with Gasteiger partial charge in [-0.15, -0.1) is 0 Å². The van der Waals surface area contributed by atoms with Crippen LogP contribution in [0.5, 0.6) is 5.75 Å². The smallest absolute Gasteiger partial charge is 0.315 e. The van der Waals surface area contributed by atoms with E-state index in [1.807, 2.05) is 35.2 Å². The van der Waals surface area contributed by atoms with Crippen LogP contribution in [0.15, 0.2) is 48.5 Å². The van der Waals surface area contributed by atoms with Gasteiger partial charge in [0.2, 0.25) is 5.91 Å². The minimum absolute atomic E-state index is 0.127. The number of nitrogens with one attached hydrogen (secondary N) is 2. The molecule has 1 spiro atoms. The Morgan fingerprint density at radius 1 is 1.06 bits per heavy atom. The van der Waals surface area contributed by atoms with E-state index in [0.717, 1.165) is 62.1 Å². The molecule has 2 fully saturated rings. The van der Waals surface area contributed by atoms with Crippen molar-refractivity contribution >= 4 is 17.6 Å². The summed E-state index contributed by atoms with van der Waals surface area (Å²) in [6, 6.07) is 16.0. The van der Waals surface area contributed by atoms with Gasteiger partial charge in [-0.3, -0.25) is 4.79 Å². The zero-order valence-electron chi connectivity index (χ0n) is 18.6. The van der Waals surface area contributed by atoms with Crippen LogP contribution in [0.2, 0.25) is 0 Å². The molecule has 5 rings (SSSR count). The Kier molecular flexibility index (Phi) is 5.53. The van der Waals surface area contributed by atoms with Crippen molar-refractivity contribution in [2.45, 2.75) is 51.1 Å². The number of fused-ring (bicyclic) bond motifs is 1. The molecule has 2 saturated carbocycles. The SMILES string of the molecule is COc1ccc(CNC(=O)NC2CC3(C2)CC(C(=O)N2CCCc4ccccc42)C3)cc1. The molecule has 3 amide bonds. The summed E-state index contributed by atoms with van der Waals surface area (Å²) in [6.45, 7) is 1.32. The van der Waals surface area contributed by atoms with Crippen molar-refractivity contribution in [1.29, 1.82) is 0 Å². The number of para-hydroxylation sites is 1. The molecule has 2 N–H and O–H groups in total. The summed E-state index contributed by atoms with van der Waals surface area (Å²) in [6.07, 6.45) is 5.96. The molecule has 0 bridgehead atoms. The zero-order chi connectivity index (χ0) is 22.1. The maximum atomic E-state index is 13.1. The van der Waals surface area contributed by atoms with Crippen LogP contribution in [0.3, 0.4) is 0 Å². The predicted octanol–water partition coefficient (Wildman–Crippen LogP) is 4.03. The van der Waals surface area contributed by atoms with Crippen molar-refractivity contribution in [3.05, 3.63) is 59.7 Å². The Bertz CT molecular complexity index is 990. The molecule has 0 aromatic heterocycles. The van der Waals surface area contributed by atoms with Gasteiger partial charge >= 0.3 is 6.03 Å². The number of anilines is 1. The number of methoxy groups -OCH3 is 1. The summed E-state index contributed by atoms with van der Waals surface area (Å²) in [4.78, 5) is 27.4. The fourth-order valence-corrected chi connectivity index (χ4v) is 5.73. The van der Waals surface area contributed by atoms with Crippen LogP contribution in [-0.2, 0) is 17.8 Å². The van der Waals surface area contributed by atoms with Crippen LogP contribution in [0.1, 0.15) is 43.2 Å². The first kappa shape index (κ1) is 20.9. The van der Waals surface area contributed by atoms with E-state index in [1.165, 1.54) is 5.56 Å². The highest BCUT2D eigenvalue weighted by atomic mass is 16.5. The van der Waals surface area contributed by atoms with E-state index in [9.17, 15) is 9.59 Å². The molecular formula is C26H31N3O3. The third kappa shape index (κ3) is 4.06. The van der Waals surface area contributed by atoms with Crippen LogP contribution in [0.4, 0.5) is 10.5 Å². The third-order valence-electron chi connectivity index (χ3n) is 7.39. The summed E-state index contributed by atoms with van der Waals surface area (Å²) in [5.74, 6) is 1.22.